The van der Waals surface area contributed by atoms with Gasteiger partial charge in [-0.1, -0.05) is 74.4 Å². The number of hydrogen-bond acceptors (Lipinski definition) is 6. The van der Waals surface area contributed by atoms with E-state index in [1.165, 1.54) is 17.4 Å². The van der Waals surface area contributed by atoms with Crippen LogP contribution in [0.25, 0.3) is 16.2 Å². The summed E-state index contributed by atoms with van der Waals surface area (Å²) in [5.41, 5.74) is 3.76. The Morgan fingerprint density at radius 2 is 1.73 bits per heavy atom. The van der Waals surface area contributed by atoms with Crippen LogP contribution < -0.4 is 9.47 Å². The van der Waals surface area contributed by atoms with Gasteiger partial charge in [0.1, 0.15) is 5.82 Å². The van der Waals surface area contributed by atoms with Crippen LogP contribution in [0.5, 0.6) is 11.5 Å². The first-order chi connectivity index (χ1) is 17.9. The monoisotopic (exact) mass is 637 g/mol. The number of halogens is 4. The van der Waals surface area contributed by atoms with Gasteiger partial charge in [-0.15, -0.1) is 10.2 Å². The van der Waals surface area contributed by atoms with Gasteiger partial charge in [0.15, 0.2) is 16.7 Å². The predicted molar refractivity (Wildman–Crippen MR) is 152 cm³/mol. The first-order valence-electron chi connectivity index (χ1n) is 11.0. The number of ether oxygens (including phenoxy) is 2. The fourth-order valence-electron chi connectivity index (χ4n) is 3.88. The summed E-state index contributed by atoms with van der Waals surface area (Å²) in [6.07, 6.45) is 0.570. The molecule has 2 heterocycles. The van der Waals surface area contributed by atoms with Crippen LogP contribution in [0.15, 0.2) is 64.2 Å². The summed E-state index contributed by atoms with van der Waals surface area (Å²) in [5.74, 6) is 1.49. The van der Waals surface area contributed by atoms with Gasteiger partial charge in [-0.05, 0) is 53.6 Å². The molecular weight excluding hydrogens is 620 g/mol. The van der Waals surface area contributed by atoms with Crippen LogP contribution in [0.4, 0.5) is 4.39 Å². The highest BCUT2D eigenvalue weighted by molar-refractivity contribution is 9.10. The van der Waals surface area contributed by atoms with Crippen LogP contribution in [0, 0.1) is 5.82 Å². The van der Waals surface area contributed by atoms with E-state index < -0.39 is 5.82 Å². The predicted octanol–water partition coefficient (Wildman–Crippen LogP) is 8.57. The number of hydrogen-bond donors (Lipinski definition) is 0. The molecule has 3 aromatic carbocycles. The molecule has 0 saturated heterocycles. The zero-order chi connectivity index (χ0) is 26.1. The standard InChI is InChI=1S/C26H19BrCl2FN3O2S2/c1-34-21-10-16(18(27)12-22(21)35-2)11-23-24(15-5-8-20(30)19(29)9-15)33-25(31-32-26(33)37-23)36-13-14-3-6-17(28)7-4-14/h3-10,12H,11,13H2,1-2H3. The average Bonchev–Trinajstić information content (AvgIpc) is 3.45. The fourth-order valence-corrected chi connectivity index (χ4v) is 6.70. The molecule has 0 atom stereocenters. The second kappa shape index (κ2) is 11.2. The van der Waals surface area contributed by atoms with E-state index in [0.717, 1.165) is 41.9 Å². The van der Waals surface area contributed by atoms with Crippen molar-refractivity contribution in [2.45, 2.75) is 17.3 Å². The summed E-state index contributed by atoms with van der Waals surface area (Å²) >= 11 is 19.0. The quantitative estimate of drug-likeness (QED) is 0.159. The van der Waals surface area contributed by atoms with Crippen molar-refractivity contribution in [2.75, 3.05) is 14.2 Å². The van der Waals surface area contributed by atoms with Gasteiger partial charge in [-0.2, -0.15) is 0 Å². The van der Waals surface area contributed by atoms with E-state index in [9.17, 15) is 4.39 Å². The maximum atomic E-state index is 14.1. The molecule has 0 unspecified atom stereocenters. The maximum absolute atomic E-state index is 14.1. The minimum absolute atomic E-state index is 0.0542. The Balaban J connectivity index is 1.60. The average molecular weight is 639 g/mol. The third kappa shape index (κ3) is 5.47. The highest BCUT2D eigenvalue weighted by Crippen LogP contribution is 2.40. The number of thioether (sulfide) groups is 1. The van der Waals surface area contributed by atoms with E-state index >= 15 is 0 Å². The van der Waals surface area contributed by atoms with Gasteiger partial charge in [0, 0.05) is 32.1 Å². The molecule has 0 saturated carbocycles. The number of rotatable bonds is 8. The molecule has 5 nitrogen and oxygen atoms in total. The summed E-state index contributed by atoms with van der Waals surface area (Å²) in [5, 5.41) is 10.4. The Hall–Kier alpha value is -2.30. The van der Waals surface area contributed by atoms with Crippen molar-refractivity contribution < 1.29 is 13.9 Å². The summed E-state index contributed by atoms with van der Waals surface area (Å²) in [7, 11) is 3.21. The first-order valence-corrected chi connectivity index (χ1v) is 14.3. The number of methoxy groups -OCH3 is 2. The Morgan fingerprint density at radius 1 is 1.00 bits per heavy atom. The lowest BCUT2D eigenvalue weighted by atomic mass is 10.1. The molecule has 37 heavy (non-hydrogen) atoms. The second-order valence-corrected chi connectivity index (χ2v) is 11.7. The van der Waals surface area contributed by atoms with Gasteiger partial charge in [0.05, 0.1) is 24.9 Å². The van der Waals surface area contributed by atoms with Crippen LogP contribution in [-0.4, -0.2) is 28.8 Å². The van der Waals surface area contributed by atoms with Crippen molar-refractivity contribution in [1.82, 2.24) is 14.6 Å². The molecule has 2 aromatic heterocycles. The Kier molecular flexibility index (Phi) is 7.97. The summed E-state index contributed by atoms with van der Waals surface area (Å²) in [6, 6.07) is 16.3. The van der Waals surface area contributed by atoms with Crippen molar-refractivity contribution >= 4 is 67.2 Å². The third-order valence-corrected chi connectivity index (χ3v) is 8.99. The number of aromatic nitrogens is 3. The Bertz CT molecular complexity index is 1590. The number of thiazole rings is 1. The lowest BCUT2D eigenvalue weighted by molar-refractivity contribution is 0.354. The largest absolute Gasteiger partial charge is 0.493 e. The molecule has 5 rings (SSSR count). The molecule has 0 fully saturated rings. The van der Waals surface area contributed by atoms with E-state index in [-0.39, 0.29) is 5.02 Å². The Morgan fingerprint density at radius 3 is 2.43 bits per heavy atom. The maximum Gasteiger partial charge on any atom is 0.217 e. The lowest BCUT2D eigenvalue weighted by Gasteiger charge is -2.13. The van der Waals surface area contributed by atoms with Crippen molar-refractivity contribution in [2.24, 2.45) is 0 Å². The molecule has 0 aliphatic rings. The van der Waals surface area contributed by atoms with Gasteiger partial charge in [-0.3, -0.25) is 4.40 Å². The molecule has 5 aromatic rings. The first kappa shape index (κ1) is 26.3. The van der Waals surface area contributed by atoms with Gasteiger partial charge in [0.2, 0.25) is 4.96 Å². The molecular formula is C26H19BrCl2FN3O2S2. The smallest absolute Gasteiger partial charge is 0.217 e. The molecule has 11 heteroatoms. The molecule has 190 valence electrons. The number of nitrogens with zero attached hydrogens (tertiary/aromatic N) is 3. The van der Waals surface area contributed by atoms with E-state index in [1.807, 2.05) is 40.8 Å². The molecule has 0 aliphatic carbocycles. The Labute approximate surface area is 239 Å². The summed E-state index contributed by atoms with van der Waals surface area (Å²) in [6.45, 7) is 0. The number of fused-ring (bicyclic) bond motifs is 1. The van der Waals surface area contributed by atoms with Gasteiger partial charge in [0.25, 0.3) is 0 Å². The fraction of sp³-hybridized carbons (Fsp3) is 0.154. The van der Waals surface area contributed by atoms with Crippen molar-refractivity contribution in [3.8, 4) is 22.8 Å². The third-order valence-electron chi connectivity index (χ3n) is 5.68. The zero-order valence-corrected chi connectivity index (χ0v) is 24.3. The molecule has 0 N–H and O–H groups in total. The molecule has 0 aliphatic heterocycles. The normalized spacial score (nSPS) is 11.3. The molecule has 0 radical (unpaired) electrons. The van der Waals surface area contributed by atoms with Crippen LogP contribution in [-0.2, 0) is 12.2 Å². The number of benzene rings is 3. The van der Waals surface area contributed by atoms with Gasteiger partial charge >= 0.3 is 0 Å². The minimum Gasteiger partial charge on any atom is -0.493 e. The summed E-state index contributed by atoms with van der Waals surface area (Å²) in [4.78, 5) is 1.76. The second-order valence-electron chi connectivity index (χ2n) is 7.99. The molecule has 0 amide bonds. The van der Waals surface area contributed by atoms with E-state index in [2.05, 4.69) is 26.1 Å². The van der Waals surface area contributed by atoms with Crippen LogP contribution in [0.1, 0.15) is 16.0 Å². The minimum atomic E-state index is -0.470. The highest BCUT2D eigenvalue weighted by atomic mass is 79.9. The summed E-state index contributed by atoms with van der Waals surface area (Å²) < 4.78 is 27.9. The zero-order valence-electron chi connectivity index (χ0n) is 19.6. The van der Waals surface area contributed by atoms with Crippen LogP contribution in [0.3, 0.4) is 0 Å². The SMILES string of the molecule is COc1cc(Br)c(Cc2sc3nnc(SCc4ccc(Cl)cc4)n3c2-c2ccc(F)c(Cl)c2)cc1OC. The molecule has 0 bridgehead atoms. The molecule has 0 spiro atoms. The highest BCUT2D eigenvalue weighted by Gasteiger charge is 2.22. The van der Waals surface area contributed by atoms with E-state index in [4.69, 9.17) is 32.7 Å². The van der Waals surface area contributed by atoms with Gasteiger partial charge < -0.3 is 9.47 Å². The lowest BCUT2D eigenvalue weighted by Crippen LogP contribution is -1.98. The van der Waals surface area contributed by atoms with Crippen molar-refractivity contribution in [3.63, 3.8) is 0 Å². The van der Waals surface area contributed by atoms with Crippen LogP contribution in [0.2, 0.25) is 10.0 Å². The van der Waals surface area contributed by atoms with Crippen molar-refractivity contribution in [1.29, 1.82) is 0 Å². The van der Waals surface area contributed by atoms with Crippen LogP contribution >= 0.6 is 62.2 Å². The van der Waals surface area contributed by atoms with Crippen molar-refractivity contribution in [3.05, 3.63) is 90.9 Å². The van der Waals surface area contributed by atoms with E-state index in [1.54, 1.807) is 38.1 Å². The topological polar surface area (TPSA) is 48.7 Å². The van der Waals surface area contributed by atoms with Gasteiger partial charge in [-0.25, -0.2) is 4.39 Å². The van der Waals surface area contributed by atoms with E-state index in [0.29, 0.717) is 28.7 Å².